The van der Waals surface area contributed by atoms with Crippen molar-refractivity contribution in [3.05, 3.63) is 12.2 Å². The molecule has 0 aromatic heterocycles. The molecule has 0 aliphatic carbocycles. The molecule has 0 saturated carbocycles. The van der Waals surface area contributed by atoms with Crippen LogP contribution in [0.25, 0.3) is 0 Å². The van der Waals surface area contributed by atoms with E-state index in [1.807, 2.05) is 0 Å². The second-order valence-corrected chi connectivity index (χ2v) is 6.25. The molecule has 0 atom stereocenters. The van der Waals surface area contributed by atoms with Crippen LogP contribution in [-0.4, -0.2) is 22.2 Å². The standard InChI is InChI=1S/C18H34O2.C2H4O2/c1-2-3-4-5-6-7-8-9-10-11-12-13-14-15-16-17-18(19)20;1-2(3)4/h9-10H,2-8,11-17H2,1H3,(H,19,20);1H3,(H,3,4). The highest BCUT2D eigenvalue weighted by atomic mass is 16.4. The largest absolute Gasteiger partial charge is 0.481 e. The van der Waals surface area contributed by atoms with Crippen molar-refractivity contribution in [2.24, 2.45) is 0 Å². The highest BCUT2D eigenvalue weighted by Crippen LogP contribution is 2.09. The Kier molecular flexibility index (Phi) is 22.5. The van der Waals surface area contributed by atoms with Crippen molar-refractivity contribution in [3.63, 3.8) is 0 Å². The predicted molar refractivity (Wildman–Crippen MR) is 100 cm³/mol. The Morgan fingerprint density at radius 2 is 1.08 bits per heavy atom. The van der Waals surface area contributed by atoms with Gasteiger partial charge in [0.1, 0.15) is 0 Å². The van der Waals surface area contributed by atoms with Crippen molar-refractivity contribution in [2.75, 3.05) is 0 Å². The van der Waals surface area contributed by atoms with Crippen LogP contribution in [0.5, 0.6) is 0 Å². The second-order valence-electron chi connectivity index (χ2n) is 6.25. The van der Waals surface area contributed by atoms with Crippen molar-refractivity contribution in [3.8, 4) is 0 Å². The molecule has 0 spiro atoms. The molecule has 142 valence electrons. The third-order valence-corrected chi connectivity index (χ3v) is 3.65. The lowest BCUT2D eigenvalue weighted by molar-refractivity contribution is -0.137. The van der Waals surface area contributed by atoms with Crippen LogP contribution in [0.3, 0.4) is 0 Å². The van der Waals surface area contributed by atoms with Crippen LogP contribution in [0.1, 0.15) is 104 Å². The maximum absolute atomic E-state index is 10.3. The number of hydrogen-bond donors (Lipinski definition) is 2. The Morgan fingerprint density at radius 3 is 1.50 bits per heavy atom. The highest BCUT2D eigenvalue weighted by molar-refractivity contribution is 5.66. The Morgan fingerprint density at radius 1 is 0.708 bits per heavy atom. The molecule has 0 fully saturated rings. The van der Waals surface area contributed by atoms with E-state index in [2.05, 4.69) is 19.1 Å². The van der Waals surface area contributed by atoms with E-state index in [1.165, 1.54) is 70.6 Å². The summed E-state index contributed by atoms with van der Waals surface area (Å²) in [6, 6.07) is 0. The van der Waals surface area contributed by atoms with E-state index in [1.54, 1.807) is 0 Å². The fourth-order valence-corrected chi connectivity index (χ4v) is 2.35. The smallest absolute Gasteiger partial charge is 0.303 e. The molecule has 0 radical (unpaired) electrons. The van der Waals surface area contributed by atoms with Gasteiger partial charge in [0, 0.05) is 13.3 Å². The maximum Gasteiger partial charge on any atom is 0.303 e. The van der Waals surface area contributed by atoms with Gasteiger partial charge in [-0.15, -0.1) is 0 Å². The molecular formula is C20H38O4. The number of carboxylic acid groups (broad SMARTS) is 2. The third kappa shape index (κ3) is 32.6. The first-order valence-electron chi connectivity index (χ1n) is 9.57. The van der Waals surface area contributed by atoms with E-state index < -0.39 is 11.9 Å². The van der Waals surface area contributed by atoms with Gasteiger partial charge < -0.3 is 10.2 Å². The lowest BCUT2D eigenvalue weighted by Gasteiger charge is -1.99. The minimum Gasteiger partial charge on any atom is -0.481 e. The first-order valence-corrected chi connectivity index (χ1v) is 9.57. The predicted octanol–water partition coefficient (Wildman–Crippen LogP) is 6.20. The van der Waals surface area contributed by atoms with Gasteiger partial charge in [-0.2, -0.15) is 0 Å². The molecule has 0 unspecified atom stereocenters. The molecule has 0 aliphatic heterocycles. The van der Waals surface area contributed by atoms with Gasteiger partial charge in [-0.25, -0.2) is 0 Å². The summed E-state index contributed by atoms with van der Waals surface area (Å²) in [7, 11) is 0. The number of carbonyl (C=O) groups is 2. The third-order valence-electron chi connectivity index (χ3n) is 3.65. The molecule has 0 aliphatic rings. The van der Waals surface area contributed by atoms with Crippen LogP contribution in [0, 0.1) is 0 Å². The summed E-state index contributed by atoms with van der Waals surface area (Å²) in [5, 5.41) is 15.9. The molecular weight excluding hydrogens is 304 g/mol. The maximum atomic E-state index is 10.3. The van der Waals surface area contributed by atoms with Crippen LogP contribution in [0.2, 0.25) is 0 Å². The summed E-state index contributed by atoms with van der Waals surface area (Å²) in [4.78, 5) is 19.3. The summed E-state index contributed by atoms with van der Waals surface area (Å²) in [6.45, 7) is 3.34. The minimum atomic E-state index is -0.833. The molecule has 0 bridgehead atoms. The van der Waals surface area contributed by atoms with E-state index in [-0.39, 0.29) is 0 Å². The van der Waals surface area contributed by atoms with Gasteiger partial charge in [-0.3, -0.25) is 9.59 Å². The zero-order chi connectivity index (χ0) is 18.5. The molecule has 0 aromatic rings. The topological polar surface area (TPSA) is 74.6 Å². The van der Waals surface area contributed by atoms with Crippen molar-refractivity contribution in [2.45, 2.75) is 104 Å². The zero-order valence-corrected chi connectivity index (χ0v) is 15.8. The summed E-state index contributed by atoms with van der Waals surface area (Å²) in [6.07, 6.45) is 21.2. The van der Waals surface area contributed by atoms with Gasteiger partial charge in [0.25, 0.3) is 5.97 Å². The summed E-state index contributed by atoms with van der Waals surface area (Å²) in [5.41, 5.74) is 0. The summed E-state index contributed by atoms with van der Waals surface area (Å²) >= 11 is 0. The van der Waals surface area contributed by atoms with Crippen molar-refractivity contribution >= 4 is 11.9 Å². The second kappa shape index (κ2) is 21.7. The minimum absolute atomic E-state index is 0.332. The van der Waals surface area contributed by atoms with Crippen molar-refractivity contribution < 1.29 is 19.8 Å². The highest BCUT2D eigenvalue weighted by Gasteiger charge is 1.95. The van der Waals surface area contributed by atoms with Gasteiger partial charge >= 0.3 is 5.97 Å². The van der Waals surface area contributed by atoms with Crippen LogP contribution in [0.15, 0.2) is 12.2 Å². The van der Waals surface area contributed by atoms with Gasteiger partial charge in [-0.1, -0.05) is 70.4 Å². The molecule has 0 aromatic carbocycles. The number of unbranched alkanes of at least 4 members (excludes halogenated alkanes) is 11. The average Bonchev–Trinajstić information content (AvgIpc) is 2.50. The van der Waals surface area contributed by atoms with E-state index in [4.69, 9.17) is 15.0 Å². The Labute approximate surface area is 148 Å². The lowest BCUT2D eigenvalue weighted by atomic mass is 10.1. The van der Waals surface area contributed by atoms with Crippen LogP contribution < -0.4 is 0 Å². The van der Waals surface area contributed by atoms with Gasteiger partial charge in [-0.05, 0) is 32.1 Å². The molecule has 0 heterocycles. The molecule has 0 amide bonds. The SMILES string of the molecule is CC(=O)O.CCCCCCCCC=CCCCCCCCC(=O)O. The Bertz CT molecular complexity index is 307. The van der Waals surface area contributed by atoms with E-state index in [0.29, 0.717) is 6.42 Å². The Hall–Kier alpha value is -1.32. The van der Waals surface area contributed by atoms with Crippen molar-refractivity contribution in [1.29, 1.82) is 0 Å². The molecule has 4 heteroatoms. The fraction of sp³-hybridized carbons (Fsp3) is 0.800. The van der Waals surface area contributed by atoms with E-state index in [9.17, 15) is 4.79 Å². The monoisotopic (exact) mass is 342 g/mol. The van der Waals surface area contributed by atoms with Gasteiger partial charge in [0.05, 0.1) is 0 Å². The molecule has 0 rings (SSSR count). The molecule has 4 nitrogen and oxygen atoms in total. The van der Waals surface area contributed by atoms with Gasteiger partial charge in [0.15, 0.2) is 0 Å². The van der Waals surface area contributed by atoms with E-state index >= 15 is 0 Å². The summed E-state index contributed by atoms with van der Waals surface area (Å²) < 4.78 is 0. The average molecular weight is 343 g/mol. The van der Waals surface area contributed by atoms with Crippen LogP contribution in [-0.2, 0) is 9.59 Å². The van der Waals surface area contributed by atoms with Crippen LogP contribution in [0.4, 0.5) is 0 Å². The first-order chi connectivity index (χ1) is 11.5. The first kappa shape index (κ1) is 24.9. The Balaban J connectivity index is 0. The number of carboxylic acids is 2. The number of rotatable bonds is 15. The van der Waals surface area contributed by atoms with Crippen LogP contribution >= 0.6 is 0 Å². The number of hydrogen-bond acceptors (Lipinski definition) is 2. The zero-order valence-electron chi connectivity index (χ0n) is 15.8. The normalized spacial score (nSPS) is 10.4. The van der Waals surface area contributed by atoms with E-state index in [0.717, 1.165) is 19.8 Å². The molecule has 24 heavy (non-hydrogen) atoms. The number of allylic oxidation sites excluding steroid dienone is 2. The van der Waals surface area contributed by atoms with Gasteiger partial charge in [0.2, 0.25) is 0 Å². The van der Waals surface area contributed by atoms with Crippen molar-refractivity contribution in [1.82, 2.24) is 0 Å². The lowest BCUT2D eigenvalue weighted by Crippen LogP contribution is -1.93. The molecule has 0 saturated heterocycles. The quantitative estimate of drug-likeness (QED) is 0.274. The fourth-order valence-electron chi connectivity index (χ4n) is 2.35. The number of aliphatic carboxylic acids is 2. The summed E-state index contributed by atoms with van der Waals surface area (Å²) in [5.74, 6) is -1.50. The molecule has 2 N–H and O–H groups in total.